The predicted molar refractivity (Wildman–Crippen MR) is 86.3 cm³/mol. The zero-order chi connectivity index (χ0) is 14.9. The van der Waals surface area contributed by atoms with Gasteiger partial charge in [0.1, 0.15) is 18.6 Å². The molecular weight excluding hydrogens is 298 g/mol. The summed E-state index contributed by atoms with van der Waals surface area (Å²) < 4.78 is 11.3. The summed E-state index contributed by atoms with van der Waals surface area (Å²) >= 11 is 1.85. The standard InChI is InChI=1S/C17H21NO3S/c19-16(12-3-1-2-4-12)18-7-10-22-17(18)13-5-6-14-15(11-13)21-9-8-20-14/h5-6,11-12,17H,1-4,7-10H2/t17-/m1/s1. The lowest BCUT2D eigenvalue weighted by molar-refractivity contribution is -0.135. The van der Waals surface area contributed by atoms with Gasteiger partial charge in [0, 0.05) is 18.2 Å². The van der Waals surface area contributed by atoms with Crippen LogP contribution in [-0.2, 0) is 4.79 Å². The van der Waals surface area contributed by atoms with E-state index in [1.54, 1.807) is 0 Å². The Labute approximate surface area is 135 Å². The number of amides is 1. The Balaban J connectivity index is 1.56. The fraction of sp³-hybridized carbons (Fsp3) is 0.588. The third-order valence-electron chi connectivity index (χ3n) is 4.73. The van der Waals surface area contributed by atoms with Crippen molar-refractivity contribution >= 4 is 17.7 Å². The molecule has 2 aliphatic heterocycles. The number of nitrogens with zero attached hydrogens (tertiary/aromatic N) is 1. The summed E-state index contributed by atoms with van der Waals surface area (Å²) in [6.45, 7) is 2.06. The highest BCUT2D eigenvalue weighted by Crippen LogP contribution is 2.43. The minimum atomic E-state index is 0.129. The molecule has 4 nitrogen and oxygen atoms in total. The van der Waals surface area contributed by atoms with E-state index in [2.05, 4.69) is 11.0 Å². The van der Waals surface area contributed by atoms with Gasteiger partial charge in [0.25, 0.3) is 0 Å². The molecule has 0 bridgehead atoms. The number of hydrogen-bond donors (Lipinski definition) is 0. The van der Waals surface area contributed by atoms with Crippen molar-refractivity contribution in [2.24, 2.45) is 5.92 Å². The van der Waals surface area contributed by atoms with Crippen LogP contribution in [-0.4, -0.2) is 36.3 Å². The molecule has 4 rings (SSSR count). The van der Waals surface area contributed by atoms with Crippen molar-refractivity contribution in [1.82, 2.24) is 4.90 Å². The van der Waals surface area contributed by atoms with E-state index in [0.717, 1.165) is 42.2 Å². The average molecular weight is 319 g/mol. The Morgan fingerprint density at radius 3 is 2.73 bits per heavy atom. The molecule has 1 aromatic carbocycles. The second-order valence-corrected chi connectivity index (χ2v) is 7.33. The maximum absolute atomic E-state index is 12.8. The Morgan fingerprint density at radius 1 is 1.14 bits per heavy atom. The smallest absolute Gasteiger partial charge is 0.226 e. The highest BCUT2D eigenvalue weighted by atomic mass is 32.2. The second kappa shape index (κ2) is 6.03. The highest BCUT2D eigenvalue weighted by molar-refractivity contribution is 7.99. The first kappa shape index (κ1) is 14.2. The SMILES string of the molecule is O=C(C1CCCC1)N1CCS[C@@H]1c1ccc2c(c1)OCCO2. The third-order valence-corrected chi connectivity index (χ3v) is 5.99. The van der Waals surface area contributed by atoms with Crippen molar-refractivity contribution in [3.05, 3.63) is 23.8 Å². The van der Waals surface area contributed by atoms with Crippen molar-refractivity contribution in [3.63, 3.8) is 0 Å². The van der Waals surface area contributed by atoms with Gasteiger partial charge < -0.3 is 14.4 Å². The molecule has 1 aromatic rings. The van der Waals surface area contributed by atoms with Gasteiger partial charge in [-0.05, 0) is 30.5 Å². The number of ether oxygens (including phenoxy) is 2. The summed E-state index contributed by atoms with van der Waals surface area (Å²) in [4.78, 5) is 14.9. The van der Waals surface area contributed by atoms with Crippen LogP contribution in [0.4, 0.5) is 0 Å². The number of fused-ring (bicyclic) bond motifs is 1. The van der Waals surface area contributed by atoms with Gasteiger partial charge in [0.15, 0.2) is 11.5 Å². The van der Waals surface area contributed by atoms with Gasteiger partial charge >= 0.3 is 0 Å². The fourth-order valence-electron chi connectivity index (χ4n) is 3.59. The molecule has 1 saturated carbocycles. The Hall–Kier alpha value is -1.36. The summed E-state index contributed by atoms with van der Waals surface area (Å²) in [5, 5.41) is 0.129. The third kappa shape index (κ3) is 2.56. The molecule has 1 atom stereocenters. The van der Waals surface area contributed by atoms with E-state index < -0.39 is 0 Å². The molecule has 0 unspecified atom stereocenters. The van der Waals surface area contributed by atoms with Gasteiger partial charge in [0.2, 0.25) is 5.91 Å². The molecule has 2 fully saturated rings. The van der Waals surface area contributed by atoms with E-state index in [1.807, 2.05) is 23.9 Å². The number of carbonyl (C=O) groups is 1. The molecule has 0 radical (unpaired) electrons. The van der Waals surface area contributed by atoms with Crippen LogP contribution in [0.5, 0.6) is 11.5 Å². The van der Waals surface area contributed by atoms with E-state index in [1.165, 1.54) is 12.8 Å². The van der Waals surface area contributed by atoms with Crippen LogP contribution in [0.2, 0.25) is 0 Å². The first-order chi connectivity index (χ1) is 10.8. The molecule has 1 aliphatic carbocycles. The number of hydrogen-bond acceptors (Lipinski definition) is 4. The lowest BCUT2D eigenvalue weighted by Gasteiger charge is -2.28. The molecule has 0 aromatic heterocycles. The maximum Gasteiger partial charge on any atom is 0.226 e. The van der Waals surface area contributed by atoms with Crippen LogP contribution in [0.15, 0.2) is 18.2 Å². The minimum Gasteiger partial charge on any atom is -0.486 e. The fourth-order valence-corrected chi connectivity index (χ4v) is 4.85. The number of carbonyl (C=O) groups excluding carboxylic acids is 1. The van der Waals surface area contributed by atoms with Gasteiger partial charge in [-0.2, -0.15) is 0 Å². The van der Waals surface area contributed by atoms with Gasteiger partial charge in [-0.25, -0.2) is 0 Å². The monoisotopic (exact) mass is 319 g/mol. The number of thioether (sulfide) groups is 1. The van der Waals surface area contributed by atoms with Gasteiger partial charge in [-0.15, -0.1) is 11.8 Å². The van der Waals surface area contributed by atoms with E-state index in [0.29, 0.717) is 19.1 Å². The lowest BCUT2D eigenvalue weighted by atomic mass is 10.1. The summed E-state index contributed by atoms with van der Waals surface area (Å²) in [5.74, 6) is 3.23. The van der Waals surface area contributed by atoms with Gasteiger partial charge in [-0.3, -0.25) is 4.79 Å². The first-order valence-corrected chi connectivity index (χ1v) is 9.19. The Morgan fingerprint density at radius 2 is 1.91 bits per heavy atom. The first-order valence-electron chi connectivity index (χ1n) is 8.14. The van der Waals surface area contributed by atoms with Crippen LogP contribution in [0.1, 0.15) is 36.6 Å². The molecule has 1 amide bonds. The molecule has 22 heavy (non-hydrogen) atoms. The van der Waals surface area contributed by atoms with Crippen LogP contribution < -0.4 is 9.47 Å². The van der Waals surface area contributed by atoms with Crippen molar-refractivity contribution in [2.75, 3.05) is 25.5 Å². The molecule has 0 spiro atoms. The molecule has 1 saturated heterocycles. The predicted octanol–water partition coefficient (Wildman–Crippen LogP) is 3.22. The summed E-state index contributed by atoms with van der Waals surface area (Å²) in [6, 6.07) is 6.10. The summed E-state index contributed by atoms with van der Waals surface area (Å²) in [6.07, 6.45) is 4.53. The zero-order valence-corrected chi connectivity index (χ0v) is 13.4. The van der Waals surface area contributed by atoms with Gasteiger partial charge in [0.05, 0.1) is 0 Å². The zero-order valence-electron chi connectivity index (χ0n) is 12.6. The highest BCUT2D eigenvalue weighted by Gasteiger charge is 2.35. The Bertz CT molecular complexity index is 571. The minimum absolute atomic E-state index is 0.129. The molecule has 5 heteroatoms. The molecular formula is C17H21NO3S. The average Bonchev–Trinajstić information content (AvgIpc) is 3.25. The second-order valence-electron chi connectivity index (χ2n) is 6.14. The van der Waals surface area contributed by atoms with Crippen molar-refractivity contribution < 1.29 is 14.3 Å². The number of rotatable bonds is 2. The van der Waals surface area contributed by atoms with E-state index in [4.69, 9.17) is 9.47 Å². The van der Waals surface area contributed by atoms with Crippen molar-refractivity contribution in [3.8, 4) is 11.5 Å². The normalized spacial score (nSPS) is 24.7. The summed E-state index contributed by atoms with van der Waals surface area (Å²) in [7, 11) is 0. The van der Waals surface area contributed by atoms with Crippen LogP contribution in [0.3, 0.4) is 0 Å². The van der Waals surface area contributed by atoms with Crippen LogP contribution in [0.25, 0.3) is 0 Å². The summed E-state index contributed by atoms with van der Waals surface area (Å²) in [5.41, 5.74) is 1.15. The van der Waals surface area contributed by atoms with Crippen molar-refractivity contribution in [2.45, 2.75) is 31.1 Å². The van der Waals surface area contributed by atoms with E-state index >= 15 is 0 Å². The van der Waals surface area contributed by atoms with Gasteiger partial charge in [-0.1, -0.05) is 18.9 Å². The molecule has 3 aliphatic rings. The maximum atomic E-state index is 12.8. The molecule has 0 N–H and O–H groups in total. The quantitative estimate of drug-likeness (QED) is 0.839. The van der Waals surface area contributed by atoms with Crippen molar-refractivity contribution in [1.29, 1.82) is 0 Å². The van der Waals surface area contributed by atoms with Crippen LogP contribution in [0, 0.1) is 5.92 Å². The lowest BCUT2D eigenvalue weighted by Crippen LogP contribution is -2.34. The van der Waals surface area contributed by atoms with Crippen LogP contribution >= 0.6 is 11.8 Å². The van der Waals surface area contributed by atoms with E-state index in [-0.39, 0.29) is 11.3 Å². The largest absolute Gasteiger partial charge is 0.486 e. The molecule has 118 valence electrons. The van der Waals surface area contributed by atoms with E-state index in [9.17, 15) is 4.79 Å². The molecule has 2 heterocycles. The number of benzene rings is 1. The topological polar surface area (TPSA) is 38.8 Å². The Kier molecular flexibility index (Phi) is 3.90.